The van der Waals surface area contributed by atoms with Gasteiger partial charge < -0.3 is 8.51 Å². The quantitative estimate of drug-likeness (QED) is 0.574. The maximum atomic E-state index is 10.7. The molecule has 1 rings (SSSR count). The lowest BCUT2D eigenvalue weighted by atomic mass is 10.5. The minimum Gasteiger partial charge on any atom is -0.313 e. The summed E-state index contributed by atoms with van der Waals surface area (Å²) in [7, 11) is 0. The van der Waals surface area contributed by atoms with Crippen molar-refractivity contribution in [1.82, 2.24) is 9.97 Å². The van der Waals surface area contributed by atoms with Gasteiger partial charge >= 0.3 is 0 Å². The smallest absolute Gasteiger partial charge is 0.252 e. The van der Waals surface area contributed by atoms with E-state index in [0.29, 0.717) is 11.6 Å². The largest absolute Gasteiger partial charge is 0.313 e. The maximum Gasteiger partial charge on any atom is 0.252 e. The van der Waals surface area contributed by atoms with Crippen molar-refractivity contribution in [2.75, 3.05) is 3.53 Å². The number of aromatic nitrogens is 2. The number of anilines is 1. The molecule has 0 aromatic carbocycles. The van der Waals surface area contributed by atoms with Gasteiger partial charge in [-0.2, -0.15) is 0 Å². The van der Waals surface area contributed by atoms with E-state index in [2.05, 4.69) is 13.5 Å². The van der Waals surface area contributed by atoms with Crippen molar-refractivity contribution in [3.05, 3.63) is 22.2 Å². The molecule has 0 aliphatic rings. The summed E-state index contributed by atoms with van der Waals surface area (Å²) in [5.41, 5.74) is -0.133. The van der Waals surface area contributed by atoms with Crippen molar-refractivity contribution in [2.24, 2.45) is 0 Å². The average molecular weight is 251 g/mol. The van der Waals surface area contributed by atoms with Gasteiger partial charge in [0.05, 0.1) is 22.9 Å². The molecule has 0 saturated heterocycles. The molecule has 1 heterocycles. The molecule has 0 aliphatic heterocycles. The van der Waals surface area contributed by atoms with Crippen molar-refractivity contribution in [3.63, 3.8) is 0 Å². The molecule has 4 nitrogen and oxygen atoms in total. The van der Waals surface area contributed by atoms with Gasteiger partial charge in [-0.15, -0.1) is 0 Å². The molecule has 10 heavy (non-hydrogen) atoms. The third-order valence-corrected chi connectivity index (χ3v) is 1.51. The van der Waals surface area contributed by atoms with E-state index >= 15 is 0 Å². The van der Waals surface area contributed by atoms with Crippen molar-refractivity contribution >= 4 is 28.7 Å². The van der Waals surface area contributed by atoms with E-state index in [9.17, 15) is 4.79 Å². The van der Waals surface area contributed by atoms with Crippen LogP contribution < -0.4 is 9.09 Å². The summed E-state index contributed by atoms with van der Waals surface area (Å²) in [6.07, 6.45) is 0. The number of nitrogens with zero attached hydrogens (tertiary/aromatic N) is 1. The highest BCUT2D eigenvalue weighted by atomic mass is 127. The highest BCUT2D eigenvalue weighted by Gasteiger charge is 1.92. The van der Waals surface area contributed by atoms with Crippen LogP contribution in [0, 0.1) is 6.92 Å². The third-order valence-electron chi connectivity index (χ3n) is 0.957. The molecule has 0 spiro atoms. The van der Waals surface area contributed by atoms with Crippen LogP contribution in [0.15, 0.2) is 10.9 Å². The molecule has 1 aromatic rings. The Bertz CT molecular complexity index is 282. The summed E-state index contributed by atoms with van der Waals surface area (Å²) in [6, 6.07) is 1.40. The van der Waals surface area contributed by atoms with E-state index in [4.69, 9.17) is 0 Å². The fraction of sp³-hybridized carbons (Fsp3) is 0.200. The Morgan fingerprint density at radius 1 is 1.80 bits per heavy atom. The number of hydrogen-bond donors (Lipinski definition) is 2. The molecule has 0 bridgehead atoms. The lowest BCUT2D eigenvalue weighted by Gasteiger charge is -1.95. The van der Waals surface area contributed by atoms with Crippen molar-refractivity contribution in [1.29, 1.82) is 0 Å². The van der Waals surface area contributed by atoms with E-state index < -0.39 is 0 Å². The highest BCUT2D eigenvalue weighted by molar-refractivity contribution is 14.1. The molecule has 0 amide bonds. The summed E-state index contributed by atoms with van der Waals surface area (Å²) in [5.74, 6) is 1.20. The van der Waals surface area contributed by atoms with Gasteiger partial charge in [-0.25, -0.2) is 4.98 Å². The van der Waals surface area contributed by atoms with E-state index in [1.165, 1.54) is 6.07 Å². The van der Waals surface area contributed by atoms with E-state index in [1.54, 1.807) is 6.92 Å². The Balaban J connectivity index is 3.19. The molecule has 5 heteroatoms. The number of rotatable bonds is 1. The normalized spacial score (nSPS) is 9.40. The van der Waals surface area contributed by atoms with Crippen LogP contribution in [0.2, 0.25) is 0 Å². The van der Waals surface area contributed by atoms with Crippen molar-refractivity contribution < 1.29 is 0 Å². The first-order chi connectivity index (χ1) is 4.72. The number of hydrogen-bond acceptors (Lipinski definition) is 3. The number of aromatic amines is 1. The molecular formula is C5H6IN3O. The fourth-order valence-corrected chi connectivity index (χ4v) is 0.904. The summed E-state index contributed by atoms with van der Waals surface area (Å²) >= 11 is 1.92. The topological polar surface area (TPSA) is 57.8 Å². The Morgan fingerprint density at radius 3 is 3.00 bits per heavy atom. The summed E-state index contributed by atoms with van der Waals surface area (Å²) in [6.45, 7) is 1.74. The Hall–Kier alpha value is -0.590. The van der Waals surface area contributed by atoms with Gasteiger partial charge in [0.15, 0.2) is 0 Å². The van der Waals surface area contributed by atoms with Gasteiger partial charge in [0, 0.05) is 6.07 Å². The third kappa shape index (κ3) is 1.69. The lowest BCUT2D eigenvalue weighted by Crippen LogP contribution is -2.08. The Morgan fingerprint density at radius 2 is 2.50 bits per heavy atom. The molecule has 0 aliphatic carbocycles. The van der Waals surface area contributed by atoms with Gasteiger partial charge in [0.1, 0.15) is 11.6 Å². The van der Waals surface area contributed by atoms with Crippen LogP contribution in [0.1, 0.15) is 5.82 Å². The molecule has 0 unspecified atom stereocenters. The van der Waals surface area contributed by atoms with Crippen LogP contribution in [-0.2, 0) is 0 Å². The fourth-order valence-electron chi connectivity index (χ4n) is 0.628. The zero-order valence-corrected chi connectivity index (χ0v) is 7.47. The highest BCUT2D eigenvalue weighted by Crippen LogP contribution is 1.99. The first-order valence-corrected chi connectivity index (χ1v) is 3.75. The van der Waals surface area contributed by atoms with Crippen molar-refractivity contribution in [3.8, 4) is 0 Å². The molecule has 1 aromatic heterocycles. The number of halogens is 1. The molecule has 54 valence electrons. The van der Waals surface area contributed by atoms with Gasteiger partial charge in [-0.1, -0.05) is 0 Å². The van der Waals surface area contributed by atoms with Crippen LogP contribution in [0.3, 0.4) is 0 Å². The van der Waals surface area contributed by atoms with Gasteiger partial charge in [0.25, 0.3) is 5.56 Å². The predicted octanol–water partition coefficient (Wildman–Crippen LogP) is 0.840. The van der Waals surface area contributed by atoms with E-state index in [1.807, 2.05) is 22.9 Å². The number of nitrogens with one attached hydrogen (secondary N) is 2. The van der Waals surface area contributed by atoms with Crippen LogP contribution in [0.5, 0.6) is 0 Å². The monoisotopic (exact) mass is 251 g/mol. The van der Waals surface area contributed by atoms with Gasteiger partial charge in [-0.3, -0.25) is 4.79 Å². The molecular weight excluding hydrogens is 245 g/mol. The standard InChI is InChI=1S/C5H6IN3O/c1-3-7-4(9-6)2-5(10)8-3/h2H,1H3,(H2,7,8,9,10). The molecule has 0 fully saturated rings. The van der Waals surface area contributed by atoms with Crippen LogP contribution >= 0.6 is 22.9 Å². The Kier molecular flexibility index (Phi) is 2.25. The summed E-state index contributed by atoms with van der Waals surface area (Å²) < 4.78 is 2.75. The lowest BCUT2D eigenvalue weighted by molar-refractivity contribution is 1.03. The Labute approximate surface area is 71.6 Å². The molecule has 0 atom stereocenters. The minimum atomic E-state index is -0.133. The zero-order chi connectivity index (χ0) is 7.56. The SMILES string of the molecule is Cc1nc(NI)cc(=O)[nH]1. The number of aryl methyl sites for hydroxylation is 1. The zero-order valence-electron chi connectivity index (χ0n) is 5.31. The number of H-pyrrole nitrogens is 1. The molecule has 0 radical (unpaired) electrons. The van der Waals surface area contributed by atoms with Crippen LogP contribution in [-0.4, -0.2) is 9.97 Å². The summed E-state index contributed by atoms with van der Waals surface area (Å²) in [5, 5.41) is 0. The first-order valence-electron chi connectivity index (χ1n) is 2.67. The first kappa shape index (κ1) is 7.52. The second kappa shape index (κ2) is 3.00. The molecule has 2 N–H and O–H groups in total. The van der Waals surface area contributed by atoms with Crippen LogP contribution in [0.4, 0.5) is 5.82 Å². The second-order valence-electron chi connectivity index (χ2n) is 1.81. The molecule has 0 saturated carbocycles. The van der Waals surface area contributed by atoms with Crippen LogP contribution in [0.25, 0.3) is 0 Å². The van der Waals surface area contributed by atoms with E-state index in [0.717, 1.165) is 0 Å². The summed E-state index contributed by atoms with van der Waals surface area (Å²) in [4.78, 5) is 17.2. The van der Waals surface area contributed by atoms with Crippen molar-refractivity contribution in [2.45, 2.75) is 6.92 Å². The predicted molar refractivity (Wildman–Crippen MR) is 47.2 cm³/mol. The minimum absolute atomic E-state index is 0.133. The maximum absolute atomic E-state index is 10.7. The van der Waals surface area contributed by atoms with Gasteiger partial charge in [-0.05, 0) is 6.92 Å². The van der Waals surface area contributed by atoms with Gasteiger partial charge in [0.2, 0.25) is 0 Å². The van der Waals surface area contributed by atoms with E-state index in [-0.39, 0.29) is 5.56 Å². The average Bonchev–Trinajstić information content (AvgIpc) is 1.85. The second-order valence-corrected chi connectivity index (χ2v) is 2.35.